The van der Waals surface area contributed by atoms with Crippen molar-refractivity contribution in [2.45, 2.75) is 26.1 Å². The van der Waals surface area contributed by atoms with Crippen LogP contribution in [0.25, 0.3) is 0 Å². The molecule has 2 atom stereocenters. The van der Waals surface area contributed by atoms with Crippen LogP contribution in [0.15, 0.2) is 0 Å². The molecule has 0 bridgehead atoms. The van der Waals surface area contributed by atoms with Crippen molar-refractivity contribution in [2.24, 2.45) is 0 Å². The minimum atomic E-state index is -0.740. The first-order chi connectivity index (χ1) is 7.10. The molecule has 0 saturated heterocycles. The highest BCUT2D eigenvalue weighted by atomic mass is 35.5. The Hall–Kier alpha value is -0.520. The highest BCUT2D eigenvalue weighted by Gasteiger charge is 2.11. The lowest BCUT2D eigenvalue weighted by atomic mass is 10.4. The molecule has 90 valence electrons. The third-order valence-corrected chi connectivity index (χ3v) is 1.86. The number of ether oxygens (including phenoxy) is 4. The van der Waals surface area contributed by atoms with Crippen molar-refractivity contribution < 1.29 is 23.7 Å². The van der Waals surface area contributed by atoms with E-state index in [0.29, 0.717) is 0 Å². The quantitative estimate of drug-likeness (QED) is 0.386. The maximum Gasteiger partial charge on any atom is 0.508 e. The minimum Gasteiger partial charge on any atom is -0.432 e. The molecular formula is C9H17ClO5. The van der Waals surface area contributed by atoms with Crippen molar-refractivity contribution in [1.82, 2.24) is 0 Å². The van der Waals surface area contributed by atoms with Gasteiger partial charge in [0.05, 0.1) is 12.0 Å². The molecule has 15 heavy (non-hydrogen) atoms. The number of carbonyl (C=O) groups excluding carboxylic acids is 1. The summed E-state index contributed by atoms with van der Waals surface area (Å²) in [5.41, 5.74) is 0. The van der Waals surface area contributed by atoms with Crippen molar-refractivity contribution in [3.8, 4) is 0 Å². The predicted molar refractivity (Wildman–Crippen MR) is 55.0 cm³/mol. The summed E-state index contributed by atoms with van der Waals surface area (Å²) in [4.78, 5) is 11.0. The van der Waals surface area contributed by atoms with E-state index in [4.69, 9.17) is 25.8 Å². The summed E-state index contributed by atoms with van der Waals surface area (Å²) >= 11 is 5.45. The van der Waals surface area contributed by atoms with Gasteiger partial charge < -0.3 is 18.9 Å². The van der Waals surface area contributed by atoms with Crippen molar-refractivity contribution >= 4 is 17.8 Å². The molecule has 0 fully saturated rings. The lowest BCUT2D eigenvalue weighted by Gasteiger charge is -2.14. The second-order valence-corrected chi connectivity index (χ2v) is 3.34. The van der Waals surface area contributed by atoms with Gasteiger partial charge in [-0.15, -0.1) is 11.6 Å². The van der Waals surface area contributed by atoms with Crippen molar-refractivity contribution in [2.75, 3.05) is 26.4 Å². The molecule has 0 heterocycles. The van der Waals surface area contributed by atoms with Gasteiger partial charge in [-0.1, -0.05) is 0 Å². The maximum atomic E-state index is 11.0. The predicted octanol–water partition coefficient (Wildman–Crippen LogP) is 1.78. The Morgan fingerprint density at radius 2 is 2.00 bits per heavy atom. The standard InChI is InChI=1S/C9H17ClO5/c1-7(4-10)15-9(11)13-5-8(2)14-6-12-3/h7-8H,4-6H2,1-3H3. The highest BCUT2D eigenvalue weighted by Crippen LogP contribution is 1.99. The molecule has 0 radical (unpaired) electrons. The molecule has 0 aromatic heterocycles. The molecule has 0 aromatic rings. The Balaban J connectivity index is 3.52. The van der Waals surface area contributed by atoms with E-state index in [1.54, 1.807) is 13.8 Å². The van der Waals surface area contributed by atoms with Crippen LogP contribution in [0.5, 0.6) is 0 Å². The van der Waals surface area contributed by atoms with E-state index in [1.807, 2.05) is 0 Å². The van der Waals surface area contributed by atoms with E-state index in [2.05, 4.69) is 4.74 Å². The van der Waals surface area contributed by atoms with E-state index in [9.17, 15) is 4.79 Å². The van der Waals surface area contributed by atoms with Crippen LogP contribution in [-0.2, 0) is 18.9 Å². The molecule has 5 nitrogen and oxygen atoms in total. The molecule has 0 rings (SSSR count). The molecule has 0 aliphatic heterocycles. The Labute approximate surface area is 94.6 Å². The molecule has 0 aliphatic carbocycles. The summed E-state index contributed by atoms with van der Waals surface area (Å²) in [6, 6.07) is 0. The fourth-order valence-electron chi connectivity index (χ4n) is 0.647. The van der Waals surface area contributed by atoms with Gasteiger partial charge in [-0.25, -0.2) is 4.79 Å². The van der Waals surface area contributed by atoms with Crippen molar-refractivity contribution in [3.63, 3.8) is 0 Å². The lowest BCUT2D eigenvalue weighted by molar-refractivity contribution is -0.0872. The summed E-state index contributed by atoms with van der Waals surface area (Å²) in [6.45, 7) is 3.73. The van der Waals surface area contributed by atoms with Crippen LogP contribution in [0.3, 0.4) is 0 Å². The first kappa shape index (κ1) is 14.5. The first-order valence-electron chi connectivity index (χ1n) is 4.60. The molecule has 0 amide bonds. The van der Waals surface area contributed by atoms with E-state index < -0.39 is 6.16 Å². The van der Waals surface area contributed by atoms with Gasteiger partial charge in [0.2, 0.25) is 0 Å². The second-order valence-electron chi connectivity index (χ2n) is 3.03. The summed E-state index contributed by atoms with van der Waals surface area (Å²) < 4.78 is 19.3. The smallest absolute Gasteiger partial charge is 0.432 e. The minimum absolute atomic E-state index is 0.122. The van der Waals surface area contributed by atoms with Crippen LogP contribution in [0, 0.1) is 0 Å². The third kappa shape index (κ3) is 8.47. The highest BCUT2D eigenvalue weighted by molar-refractivity contribution is 6.18. The summed E-state index contributed by atoms with van der Waals surface area (Å²) in [5.74, 6) is 0.241. The lowest BCUT2D eigenvalue weighted by Crippen LogP contribution is -2.23. The monoisotopic (exact) mass is 240 g/mol. The summed E-state index contributed by atoms with van der Waals surface area (Å²) in [5, 5.41) is 0. The summed E-state index contributed by atoms with van der Waals surface area (Å²) in [6.07, 6.45) is -1.32. The zero-order valence-electron chi connectivity index (χ0n) is 9.20. The van der Waals surface area contributed by atoms with E-state index in [0.717, 1.165) is 0 Å². The molecule has 0 aromatic carbocycles. The molecule has 6 heteroatoms. The maximum absolute atomic E-state index is 11.0. The largest absolute Gasteiger partial charge is 0.508 e. The normalized spacial score (nSPS) is 14.4. The van der Waals surface area contributed by atoms with Crippen LogP contribution in [0.4, 0.5) is 4.79 Å². The van der Waals surface area contributed by atoms with Gasteiger partial charge in [0.1, 0.15) is 19.5 Å². The van der Waals surface area contributed by atoms with Gasteiger partial charge in [0.25, 0.3) is 0 Å². The SMILES string of the molecule is COCOC(C)COC(=O)OC(C)CCl. The Kier molecular flexibility index (Phi) is 8.46. The van der Waals surface area contributed by atoms with Crippen LogP contribution < -0.4 is 0 Å². The van der Waals surface area contributed by atoms with Crippen LogP contribution >= 0.6 is 11.6 Å². The molecule has 0 N–H and O–H groups in total. The number of alkyl halides is 1. The van der Waals surface area contributed by atoms with Gasteiger partial charge in [0, 0.05) is 7.11 Å². The third-order valence-electron chi connectivity index (χ3n) is 1.42. The first-order valence-corrected chi connectivity index (χ1v) is 5.13. The number of halogens is 1. The van der Waals surface area contributed by atoms with Gasteiger partial charge >= 0.3 is 6.16 Å². The number of hydrogen-bond acceptors (Lipinski definition) is 5. The number of carbonyl (C=O) groups is 1. The van der Waals surface area contributed by atoms with Crippen molar-refractivity contribution in [3.05, 3.63) is 0 Å². The molecular weight excluding hydrogens is 224 g/mol. The fraction of sp³-hybridized carbons (Fsp3) is 0.889. The zero-order valence-corrected chi connectivity index (χ0v) is 9.95. The Morgan fingerprint density at radius 3 is 2.53 bits per heavy atom. The Bertz CT molecular complexity index is 176. The fourth-order valence-corrected chi connectivity index (χ4v) is 0.710. The van der Waals surface area contributed by atoms with Gasteiger partial charge in [-0.2, -0.15) is 0 Å². The van der Waals surface area contributed by atoms with E-state index in [-0.39, 0.29) is 31.5 Å². The molecule has 0 spiro atoms. The van der Waals surface area contributed by atoms with E-state index >= 15 is 0 Å². The van der Waals surface area contributed by atoms with Crippen LogP contribution in [0.1, 0.15) is 13.8 Å². The van der Waals surface area contributed by atoms with E-state index in [1.165, 1.54) is 7.11 Å². The number of rotatable bonds is 7. The van der Waals surface area contributed by atoms with Gasteiger partial charge in [-0.05, 0) is 13.8 Å². The van der Waals surface area contributed by atoms with Gasteiger partial charge in [-0.3, -0.25) is 0 Å². The summed E-state index contributed by atoms with van der Waals surface area (Å²) in [7, 11) is 1.52. The van der Waals surface area contributed by atoms with Crippen LogP contribution in [0.2, 0.25) is 0 Å². The topological polar surface area (TPSA) is 54.0 Å². The molecule has 2 unspecified atom stereocenters. The molecule has 0 saturated carbocycles. The number of hydrogen-bond donors (Lipinski definition) is 0. The zero-order chi connectivity index (χ0) is 11.7. The average molecular weight is 241 g/mol. The van der Waals surface area contributed by atoms with Crippen LogP contribution in [-0.4, -0.2) is 44.8 Å². The molecule has 0 aliphatic rings. The average Bonchev–Trinajstić information content (AvgIpc) is 2.23. The number of methoxy groups -OCH3 is 1. The second kappa shape index (κ2) is 8.76. The van der Waals surface area contributed by atoms with Gasteiger partial charge in [0.15, 0.2) is 0 Å². The Morgan fingerprint density at radius 1 is 1.33 bits per heavy atom. The van der Waals surface area contributed by atoms with Crippen molar-refractivity contribution in [1.29, 1.82) is 0 Å².